The monoisotopic (exact) mass is 343 g/mol. The number of amides is 1. The number of alkyl halides is 1. The lowest BCUT2D eigenvalue weighted by atomic mass is 10.1. The van der Waals surface area contributed by atoms with Gasteiger partial charge in [0.2, 0.25) is 0 Å². The Labute approximate surface area is 128 Å². The third kappa shape index (κ3) is 3.51. The quantitative estimate of drug-likeness (QED) is 0.740. The van der Waals surface area contributed by atoms with Crippen LogP contribution in [-0.4, -0.2) is 28.7 Å². The van der Waals surface area contributed by atoms with E-state index in [1.165, 1.54) is 0 Å². The first kappa shape index (κ1) is 14.9. The summed E-state index contributed by atoms with van der Waals surface area (Å²) in [6.45, 7) is 2.82. The van der Waals surface area contributed by atoms with Crippen molar-refractivity contribution < 1.29 is 4.79 Å². The number of carbonyl (C=O) groups is 1. The van der Waals surface area contributed by atoms with Crippen molar-refractivity contribution >= 4 is 33.4 Å². The highest BCUT2D eigenvalue weighted by Crippen LogP contribution is 2.25. The minimum Gasteiger partial charge on any atom is -0.336 e. The minimum absolute atomic E-state index is 0.124. The van der Waals surface area contributed by atoms with E-state index >= 15 is 0 Å². The lowest BCUT2D eigenvalue weighted by Gasteiger charge is -2.24. The third-order valence-electron chi connectivity index (χ3n) is 3.73. The Morgan fingerprint density at radius 1 is 1.53 bits per heavy atom. The van der Waals surface area contributed by atoms with Gasteiger partial charge in [-0.3, -0.25) is 4.79 Å². The highest BCUT2D eigenvalue weighted by Gasteiger charge is 2.28. The molecule has 0 N–H and O–H groups in total. The van der Waals surface area contributed by atoms with Crippen molar-refractivity contribution in [1.82, 2.24) is 4.90 Å². The molecule has 2 nitrogen and oxygen atoms in total. The van der Waals surface area contributed by atoms with Crippen molar-refractivity contribution in [2.45, 2.75) is 38.6 Å². The summed E-state index contributed by atoms with van der Waals surface area (Å²) >= 11 is 9.56. The molecule has 4 heteroatoms. The maximum atomic E-state index is 12.5. The summed E-state index contributed by atoms with van der Waals surface area (Å²) in [6, 6.07) is 5.98. The average Bonchev–Trinajstić information content (AvgIpc) is 2.87. The van der Waals surface area contributed by atoms with E-state index in [9.17, 15) is 4.79 Å². The molecule has 0 spiro atoms. The predicted molar refractivity (Wildman–Crippen MR) is 83.3 cm³/mol. The number of rotatable bonds is 4. The number of nitrogens with zero attached hydrogens (tertiary/aromatic N) is 1. The molecule has 0 radical (unpaired) electrons. The Hall–Kier alpha value is -0.540. The molecule has 104 valence electrons. The van der Waals surface area contributed by atoms with E-state index in [4.69, 9.17) is 11.6 Å². The van der Waals surface area contributed by atoms with Gasteiger partial charge in [-0.2, -0.15) is 0 Å². The number of likely N-dealkylation sites (tertiary alicyclic amines) is 1. The van der Waals surface area contributed by atoms with Crippen LogP contribution >= 0.6 is 27.5 Å². The van der Waals surface area contributed by atoms with Gasteiger partial charge in [-0.1, -0.05) is 33.6 Å². The van der Waals surface area contributed by atoms with E-state index in [0.29, 0.717) is 16.6 Å². The molecule has 0 aliphatic carbocycles. The molecule has 1 aromatic carbocycles. The fraction of sp³-hybridized carbons (Fsp3) is 0.533. The van der Waals surface area contributed by atoms with Crippen LogP contribution in [0, 0.1) is 6.92 Å². The van der Waals surface area contributed by atoms with Gasteiger partial charge in [-0.05, 0) is 50.3 Å². The van der Waals surface area contributed by atoms with E-state index < -0.39 is 0 Å². The van der Waals surface area contributed by atoms with Crippen LogP contribution in [0.25, 0.3) is 0 Å². The number of hydrogen-bond acceptors (Lipinski definition) is 1. The van der Waals surface area contributed by atoms with Crippen molar-refractivity contribution in [3.05, 3.63) is 34.3 Å². The molecule has 1 amide bonds. The fourth-order valence-corrected chi connectivity index (χ4v) is 3.11. The Kier molecular flexibility index (Phi) is 5.28. The van der Waals surface area contributed by atoms with Gasteiger partial charge in [0.1, 0.15) is 0 Å². The Balaban J connectivity index is 2.11. The molecule has 1 unspecified atom stereocenters. The number of benzene rings is 1. The van der Waals surface area contributed by atoms with E-state index in [-0.39, 0.29) is 5.91 Å². The van der Waals surface area contributed by atoms with Gasteiger partial charge in [-0.15, -0.1) is 0 Å². The molecular formula is C15H19BrClNO. The predicted octanol–water partition coefficient (Wildman–Crippen LogP) is 4.43. The Bertz CT molecular complexity index is 463. The van der Waals surface area contributed by atoms with Crippen LogP contribution in [0.5, 0.6) is 0 Å². The second-order valence-corrected chi connectivity index (χ2v) is 6.29. The lowest BCUT2D eigenvalue weighted by Crippen LogP contribution is -2.35. The van der Waals surface area contributed by atoms with Crippen LogP contribution in [0.4, 0.5) is 0 Å². The first-order valence-electron chi connectivity index (χ1n) is 6.76. The van der Waals surface area contributed by atoms with Gasteiger partial charge in [0.15, 0.2) is 0 Å². The van der Waals surface area contributed by atoms with Crippen molar-refractivity contribution in [2.24, 2.45) is 0 Å². The molecule has 1 fully saturated rings. The normalized spacial score (nSPS) is 18.9. The molecule has 1 saturated heterocycles. The summed E-state index contributed by atoms with van der Waals surface area (Å²) in [6.07, 6.45) is 4.43. The van der Waals surface area contributed by atoms with Gasteiger partial charge in [0.25, 0.3) is 5.91 Å². The molecule has 1 aliphatic heterocycles. The summed E-state index contributed by atoms with van der Waals surface area (Å²) < 4.78 is 0. The molecule has 0 bridgehead atoms. The van der Waals surface area contributed by atoms with Gasteiger partial charge in [0, 0.05) is 28.5 Å². The van der Waals surface area contributed by atoms with Crippen LogP contribution in [0.2, 0.25) is 5.02 Å². The molecule has 1 atom stereocenters. The topological polar surface area (TPSA) is 20.3 Å². The Morgan fingerprint density at radius 2 is 2.32 bits per heavy atom. The number of hydrogen-bond donors (Lipinski definition) is 0. The van der Waals surface area contributed by atoms with Crippen molar-refractivity contribution in [3.63, 3.8) is 0 Å². The minimum atomic E-state index is 0.124. The summed E-state index contributed by atoms with van der Waals surface area (Å²) in [5.41, 5.74) is 1.72. The molecule has 1 heterocycles. The average molecular weight is 345 g/mol. The second-order valence-electron chi connectivity index (χ2n) is 5.09. The van der Waals surface area contributed by atoms with Crippen molar-refractivity contribution in [3.8, 4) is 0 Å². The van der Waals surface area contributed by atoms with E-state index in [2.05, 4.69) is 15.9 Å². The zero-order valence-corrected chi connectivity index (χ0v) is 13.5. The molecule has 2 rings (SSSR count). The molecule has 1 aromatic rings. The standard InChI is InChI=1S/C15H19BrClNO/c1-11-6-7-12(10-14(11)17)15(19)18-9-3-5-13(18)4-2-8-16/h6-7,10,13H,2-5,8-9H2,1H3. The van der Waals surface area contributed by atoms with Gasteiger partial charge in [0.05, 0.1) is 0 Å². The van der Waals surface area contributed by atoms with Gasteiger partial charge in [-0.25, -0.2) is 0 Å². The smallest absolute Gasteiger partial charge is 0.254 e. The largest absolute Gasteiger partial charge is 0.336 e. The van der Waals surface area contributed by atoms with Gasteiger partial charge < -0.3 is 4.90 Å². The molecular weight excluding hydrogens is 326 g/mol. The van der Waals surface area contributed by atoms with Gasteiger partial charge >= 0.3 is 0 Å². The highest BCUT2D eigenvalue weighted by molar-refractivity contribution is 9.09. The maximum absolute atomic E-state index is 12.5. The summed E-state index contributed by atoms with van der Waals surface area (Å²) in [5.74, 6) is 0.124. The van der Waals surface area contributed by atoms with Crippen LogP contribution < -0.4 is 0 Å². The van der Waals surface area contributed by atoms with Crippen molar-refractivity contribution in [2.75, 3.05) is 11.9 Å². The zero-order chi connectivity index (χ0) is 13.8. The summed E-state index contributed by atoms with van der Waals surface area (Å²) in [4.78, 5) is 14.6. The van der Waals surface area contributed by atoms with Crippen LogP contribution in [0.1, 0.15) is 41.6 Å². The van der Waals surface area contributed by atoms with Crippen molar-refractivity contribution in [1.29, 1.82) is 0 Å². The molecule has 19 heavy (non-hydrogen) atoms. The number of halogens is 2. The number of aryl methyl sites for hydroxylation is 1. The first-order chi connectivity index (χ1) is 9.13. The molecule has 0 aromatic heterocycles. The fourth-order valence-electron chi connectivity index (χ4n) is 2.61. The highest BCUT2D eigenvalue weighted by atomic mass is 79.9. The lowest BCUT2D eigenvalue weighted by molar-refractivity contribution is 0.0730. The molecule has 0 saturated carbocycles. The van der Waals surface area contributed by atoms with E-state index in [1.807, 2.05) is 24.0 Å². The van der Waals surface area contributed by atoms with Crippen LogP contribution in [0.15, 0.2) is 18.2 Å². The zero-order valence-electron chi connectivity index (χ0n) is 11.2. The SMILES string of the molecule is Cc1ccc(C(=O)N2CCCC2CCCBr)cc1Cl. The summed E-state index contributed by atoms with van der Waals surface area (Å²) in [5, 5.41) is 1.67. The molecule has 1 aliphatic rings. The number of carbonyl (C=O) groups excluding carboxylic acids is 1. The van der Waals surface area contributed by atoms with Crippen LogP contribution in [0.3, 0.4) is 0 Å². The summed E-state index contributed by atoms with van der Waals surface area (Å²) in [7, 11) is 0. The maximum Gasteiger partial charge on any atom is 0.254 e. The first-order valence-corrected chi connectivity index (χ1v) is 8.26. The third-order valence-corrected chi connectivity index (χ3v) is 4.70. The van der Waals surface area contributed by atoms with Crippen LogP contribution in [-0.2, 0) is 0 Å². The van der Waals surface area contributed by atoms with E-state index in [0.717, 1.165) is 43.1 Å². The second kappa shape index (κ2) is 6.76. The Morgan fingerprint density at radius 3 is 3.00 bits per heavy atom. The van der Waals surface area contributed by atoms with E-state index in [1.54, 1.807) is 6.07 Å².